The summed E-state index contributed by atoms with van der Waals surface area (Å²) >= 11 is 0. The molecule has 186 valence electrons. The number of carbonyl (C=O) groups excluding carboxylic acids is 2. The molecule has 2 heterocycles. The number of likely N-dealkylation sites (N-methyl/N-ethyl adjacent to an activating group) is 1. The predicted octanol–water partition coefficient (Wildman–Crippen LogP) is 4.09. The van der Waals surface area contributed by atoms with E-state index in [9.17, 15) is 14.0 Å². The minimum atomic E-state index is -0.559. The Bertz CT molecular complexity index is 1240. The smallest absolute Gasteiger partial charge is 0.255 e. The van der Waals surface area contributed by atoms with Crippen LogP contribution in [0.3, 0.4) is 0 Å². The lowest BCUT2D eigenvalue weighted by atomic mass is 9.78. The van der Waals surface area contributed by atoms with Crippen molar-refractivity contribution in [2.45, 2.75) is 18.5 Å². The first-order valence-electron chi connectivity index (χ1n) is 12.2. The molecule has 2 amide bonds. The highest BCUT2D eigenvalue weighted by atomic mass is 19.1. The van der Waals surface area contributed by atoms with Crippen LogP contribution >= 0.6 is 0 Å². The zero-order chi connectivity index (χ0) is 25.2. The lowest BCUT2D eigenvalue weighted by Gasteiger charge is -2.44. The highest BCUT2D eigenvalue weighted by Crippen LogP contribution is 2.44. The van der Waals surface area contributed by atoms with Crippen molar-refractivity contribution < 1.29 is 18.7 Å². The predicted molar refractivity (Wildman–Crippen MR) is 135 cm³/mol. The SMILES string of the molecule is COc1ccc([C@H]2[C@H](C(=O)N3CCN(C)CC3)c3ccccc3C(=O)N2Cc2ccc(F)cc2)cc1. The van der Waals surface area contributed by atoms with Crippen LogP contribution in [-0.4, -0.2) is 66.9 Å². The first-order chi connectivity index (χ1) is 17.5. The summed E-state index contributed by atoms with van der Waals surface area (Å²) in [6.45, 7) is 3.18. The Morgan fingerprint density at radius 3 is 2.28 bits per heavy atom. The normalized spacial score (nSPS) is 20.2. The van der Waals surface area contributed by atoms with Crippen LogP contribution in [0.5, 0.6) is 5.75 Å². The molecule has 5 rings (SSSR count). The van der Waals surface area contributed by atoms with E-state index >= 15 is 0 Å². The van der Waals surface area contributed by atoms with Gasteiger partial charge in [0.2, 0.25) is 5.91 Å². The average molecular weight is 488 g/mol. The number of nitrogens with zero attached hydrogens (tertiary/aromatic N) is 3. The summed E-state index contributed by atoms with van der Waals surface area (Å²) in [5, 5.41) is 0. The van der Waals surface area contributed by atoms with Crippen molar-refractivity contribution in [1.82, 2.24) is 14.7 Å². The number of hydrogen-bond donors (Lipinski definition) is 0. The van der Waals surface area contributed by atoms with Crippen molar-refractivity contribution >= 4 is 11.8 Å². The van der Waals surface area contributed by atoms with Gasteiger partial charge >= 0.3 is 0 Å². The van der Waals surface area contributed by atoms with Gasteiger partial charge in [-0.2, -0.15) is 0 Å². The molecule has 1 saturated heterocycles. The Hall–Kier alpha value is -3.71. The molecule has 7 heteroatoms. The molecule has 0 saturated carbocycles. The molecule has 36 heavy (non-hydrogen) atoms. The fourth-order valence-electron chi connectivity index (χ4n) is 5.22. The summed E-state index contributed by atoms with van der Waals surface area (Å²) in [5.41, 5.74) is 2.95. The largest absolute Gasteiger partial charge is 0.497 e. The number of methoxy groups -OCH3 is 1. The molecule has 0 aliphatic carbocycles. The molecular formula is C29H30FN3O3. The van der Waals surface area contributed by atoms with E-state index in [1.165, 1.54) is 12.1 Å². The summed E-state index contributed by atoms with van der Waals surface area (Å²) in [7, 11) is 3.66. The Balaban J connectivity index is 1.62. The maximum atomic E-state index is 14.2. The van der Waals surface area contributed by atoms with Gasteiger partial charge in [-0.3, -0.25) is 9.59 Å². The summed E-state index contributed by atoms with van der Waals surface area (Å²) in [4.78, 5) is 33.9. The third-order valence-corrected chi connectivity index (χ3v) is 7.24. The van der Waals surface area contributed by atoms with Crippen molar-refractivity contribution in [2.75, 3.05) is 40.3 Å². The Kier molecular flexibility index (Phi) is 6.74. The number of carbonyl (C=O) groups is 2. The van der Waals surface area contributed by atoms with Crippen LogP contribution in [0.15, 0.2) is 72.8 Å². The van der Waals surface area contributed by atoms with Crippen LogP contribution in [0.4, 0.5) is 4.39 Å². The van der Waals surface area contributed by atoms with Gasteiger partial charge in [-0.25, -0.2) is 4.39 Å². The molecule has 0 unspecified atom stereocenters. The molecule has 0 bridgehead atoms. The van der Waals surface area contributed by atoms with Crippen LogP contribution in [-0.2, 0) is 11.3 Å². The number of rotatable bonds is 5. The Labute approximate surface area is 210 Å². The zero-order valence-electron chi connectivity index (χ0n) is 20.6. The van der Waals surface area contributed by atoms with Crippen molar-refractivity contribution in [1.29, 1.82) is 0 Å². The van der Waals surface area contributed by atoms with Crippen molar-refractivity contribution in [3.63, 3.8) is 0 Å². The van der Waals surface area contributed by atoms with Crippen LogP contribution in [0.2, 0.25) is 0 Å². The highest BCUT2D eigenvalue weighted by molar-refractivity contribution is 6.01. The molecule has 3 aromatic rings. The Morgan fingerprint density at radius 1 is 0.944 bits per heavy atom. The fraction of sp³-hybridized carbons (Fsp3) is 0.310. The van der Waals surface area contributed by atoms with E-state index in [-0.39, 0.29) is 24.2 Å². The third-order valence-electron chi connectivity index (χ3n) is 7.24. The van der Waals surface area contributed by atoms with Gasteiger partial charge in [0.15, 0.2) is 0 Å². The number of piperazine rings is 1. The van der Waals surface area contributed by atoms with Gasteiger partial charge in [-0.05, 0) is 54.1 Å². The molecular weight excluding hydrogens is 457 g/mol. The summed E-state index contributed by atoms with van der Waals surface area (Å²) in [6.07, 6.45) is 0. The number of fused-ring (bicyclic) bond motifs is 1. The number of hydrogen-bond acceptors (Lipinski definition) is 4. The quantitative estimate of drug-likeness (QED) is 0.544. The maximum absolute atomic E-state index is 14.2. The van der Waals surface area contributed by atoms with E-state index in [2.05, 4.69) is 11.9 Å². The van der Waals surface area contributed by atoms with E-state index in [4.69, 9.17) is 4.74 Å². The van der Waals surface area contributed by atoms with Crippen molar-refractivity contribution in [3.8, 4) is 5.75 Å². The maximum Gasteiger partial charge on any atom is 0.255 e. The zero-order valence-corrected chi connectivity index (χ0v) is 20.6. The second-order valence-corrected chi connectivity index (χ2v) is 9.47. The topological polar surface area (TPSA) is 53.1 Å². The lowest BCUT2D eigenvalue weighted by molar-refractivity contribution is -0.136. The second kappa shape index (κ2) is 10.1. The number of amides is 2. The third kappa shape index (κ3) is 4.58. The molecule has 0 radical (unpaired) electrons. The van der Waals surface area contributed by atoms with Gasteiger partial charge < -0.3 is 19.4 Å². The fourth-order valence-corrected chi connectivity index (χ4v) is 5.22. The minimum absolute atomic E-state index is 0.0213. The molecule has 2 aliphatic heterocycles. The molecule has 0 spiro atoms. The average Bonchev–Trinajstić information content (AvgIpc) is 2.91. The van der Waals surface area contributed by atoms with Gasteiger partial charge in [-0.1, -0.05) is 42.5 Å². The molecule has 2 aliphatic rings. The first-order valence-corrected chi connectivity index (χ1v) is 12.2. The molecule has 3 aromatic carbocycles. The van der Waals surface area contributed by atoms with Gasteiger partial charge in [0, 0.05) is 38.3 Å². The van der Waals surface area contributed by atoms with Gasteiger partial charge in [0.05, 0.1) is 19.1 Å². The van der Waals surface area contributed by atoms with Gasteiger partial charge in [-0.15, -0.1) is 0 Å². The van der Waals surface area contributed by atoms with Gasteiger partial charge in [0.25, 0.3) is 5.91 Å². The van der Waals surface area contributed by atoms with Crippen LogP contribution in [0, 0.1) is 5.82 Å². The highest BCUT2D eigenvalue weighted by Gasteiger charge is 2.45. The van der Waals surface area contributed by atoms with E-state index in [1.807, 2.05) is 47.4 Å². The standard InChI is InChI=1S/C29H30FN3O3/c1-31-15-17-32(18-16-31)29(35)26-24-5-3-4-6-25(24)28(34)33(19-20-7-11-22(30)12-8-20)27(26)21-9-13-23(36-2)14-10-21/h3-14,26-27H,15-19H2,1-2H3/t26-,27+/m1/s1. The monoisotopic (exact) mass is 487 g/mol. The summed E-state index contributed by atoms with van der Waals surface area (Å²) in [6, 6.07) is 20.6. The number of halogens is 1. The van der Waals surface area contributed by atoms with E-state index in [0.717, 1.165) is 29.8 Å². The molecule has 1 fully saturated rings. The molecule has 0 aromatic heterocycles. The van der Waals surface area contributed by atoms with E-state index < -0.39 is 12.0 Å². The molecule has 6 nitrogen and oxygen atoms in total. The van der Waals surface area contributed by atoms with Gasteiger partial charge in [0.1, 0.15) is 11.6 Å². The van der Waals surface area contributed by atoms with E-state index in [1.54, 1.807) is 30.2 Å². The van der Waals surface area contributed by atoms with Crippen LogP contribution in [0.1, 0.15) is 39.0 Å². The van der Waals surface area contributed by atoms with E-state index in [0.29, 0.717) is 24.4 Å². The van der Waals surface area contributed by atoms with Crippen molar-refractivity contribution in [2.24, 2.45) is 0 Å². The Morgan fingerprint density at radius 2 is 1.61 bits per heavy atom. The number of benzene rings is 3. The van der Waals surface area contributed by atoms with Crippen molar-refractivity contribution in [3.05, 3.63) is 101 Å². The van der Waals surface area contributed by atoms with Crippen LogP contribution < -0.4 is 4.74 Å². The number of ether oxygens (including phenoxy) is 1. The summed E-state index contributed by atoms with van der Waals surface area (Å²) < 4.78 is 19.0. The van der Waals surface area contributed by atoms with Crippen LogP contribution in [0.25, 0.3) is 0 Å². The second-order valence-electron chi connectivity index (χ2n) is 9.47. The molecule has 2 atom stereocenters. The minimum Gasteiger partial charge on any atom is -0.497 e. The summed E-state index contributed by atoms with van der Waals surface area (Å²) in [5.74, 6) is -0.306. The molecule has 0 N–H and O–H groups in total. The lowest BCUT2D eigenvalue weighted by Crippen LogP contribution is -2.52. The first kappa shape index (κ1) is 24.0.